The monoisotopic (exact) mass is 544 g/mol. The molecule has 0 bridgehead atoms. The Kier molecular flexibility index (Phi) is 10.3. The van der Waals surface area contributed by atoms with Crippen LogP contribution in [0.25, 0.3) is 0 Å². The second-order valence-corrected chi connectivity index (χ2v) is 10.9. The summed E-state index contributed by atoms with van der Waals surface area (Å²) in [6.45, 7) is 7.45. The van der Waals surface area contributed by atoms with Gasteiger partial charge in [-0.25, -0.2) is 0 Å². The number of hydrogen-bond acceptors (Lipinski definition) is 5. The van der Waals surface area contributed by atoms with E-state index in [1.165, 1.54) is 6.07 Å². The molecule has 0 aromatic heterocycles. The van der Waals surface area contributed by atoms with Crippen LogP contribution < -0.4 is 5.30 Å². The average Bonchev–Trinajstić information content (AvgIpc) is 2.93. The fourth-order valence-electron chi connectivity index (χ4n) is 4.38. The molecular formula is C32H33O6P. The van der Waals surface area contributed by atoms with Gasteiger partial charge in [-0.2, -0.15) is 0 Å². The Bertz CT molecular complexity index is 1460. The van der Waals surface area contributed by atoms with E-state index >= 15 is 0 Å². The van der Waals surface area contributed by atoms with Crippen LogP contribution in [0.2, 0.25) is 0 Å². The van der Waals surface area contributed by atoms with E-state index in [1.54, 1.807) is 73.7 Å². The van der Waals surface area contributed by atoms with E-state index in [-0.39, 0.29) is 29.0 Å². The first-order valence-electron chi connectivity index (χ1n) is 12.6. The molecule has 202 valence electrons. The van der Waals surface area contributed by atoms with Crippen LogP contribution in [0.3, 0.4) is 0 Å². The van der Waals surface area contributed by atoms with Crippen molar-refractivity contribution >= 4 is 24.5 Å². The number of hydrogen-bond donors (Lipinski definition) is 2. The maximum atomic E-state index is 13.0. The van der Waals surface area contributed by atoms with Gasteiger partial charge >= 0.3 is 7.60 Å². The molecule has 0 radical (unpaired) electrons. The van der Waals surface area contributed by atoms with E-state index in [4.69, 9.17) is 4.52 Å². The van der Waals surface area contributed by atoms with Crippen molar-refractivity contribution in [2.45, 2.75) is 33.8 Å². The number of aryl methyl sites for hydroxylation is 3. The highest BCUT2D eigenvalue weighted by Crippen LogP contribution is 2.42. The third kappa shape index (κ3) is 7.47. The number of rotatable bonds is 8. The van der Waals surface area contributed by atoms with E-state index in [0.717, 1.165) is 16.7 Å². The van der Waals surface area contributed by atoms with E-state index in [1.807, 2.05) is 45.0 Å². The van der Waals surface area contributed by atoms with Crippen molar-refractivity contribution in [2.75, 3.05) is 6.61 Å². The zero-order valence-electron chi connectivity index (χ0n) is 22.5. The molecule has 0 saturated carbocycles. The number of Topliss-reactive ketones (excluding diaryl/α,β-unsaturated/α-hetero) is 1. The Morgan fingerprint density at radius 2 is 1.33 bits per heavy atom. The van der Waals surface area contributed by atoms with Crippen molar-refractivity contribution in [3.8, 4) is 0 Å². The minimum atomic E-state index is -4.02. The maximum Gasteiger partial charge on any atom is 0.359 e. The fourth-order valence-corrected chi connectivity index (χ4v) is 5.62. The van der Waals surface area contributed by atoms with Crippen LogP contribution in [0.15, 0.2) is 97.1 Å². The van der Waals surface area contributed by atoms with Crippen molar-refractivity contribution < 1.29 is 28.7 Å². The average molecular weight is 545 g/mol. The maximum absolute atomic E-state index is 13.0. The summed E-state index contributed by atoms with van der Waals surface area (Å²) in [6.07, 6.45) is -1.08. The van der Waals surface area contributed by atoms with Crippen LogP contribution in [0.4, 0.5) is 0 Å². The summed E-state index contributed by atoms with van der Waals surface area (Å²) in [5.41, 5.74) is 4.71. The Balaban J connectivity index is 0.000000230. The third-order valence-corrected chi connectivity index (χ3v) is 7.69. The summed E-state index contributed by atoms with van der Waals surface area (Å²) in [4.78, 5) is 35.0. The normalized spacial score (nSPS) is 13.0. The third-order valence-electron chi connectivity index (χ3n) is 6.08. The highest BCUT2D eigenvalue weighted by atomic mass is 31.2. The van der Waals surface area contributed by atoms with E-state index in [2.05, 4.69) is 0 Å². The molecule has 2 atom stereocenters. The van der Waals surface area contributed by atoms with Gasteiger partial charge in [0.1, 0.15) is 6.10 Å². The number of ketones is 2. The summed E-state index contributed by atoms with van der Waals surface area (Å²) in [7, 11) is -4.02. The minimum absolute atomic E-state index is 0.0474. The zero-order chi connectivity index (χ0) is 28.6. The Labute approximate surface area is 229 Å². The zero-order valence-corrected chi connectivity index (χ0v) is 23.4. The highest BCUT2D eigenvalue weighted by Gasteiger charge is 2.29. The lowest BCUT2D eigenvalue weighted by Crippen LogP contribution is -2.19. The van der Waals surface area contributed by atoms with Crippen molar-refractivity contribution in [3.05, 3.63) is 136 Å². The lowest BCUT2D eigenvalue weighted by molar-refractivity contribution is 0.0747. The molecule has 4 aromatic rings. The van der Waals surface area contributed by atoms with Crippen LogP contribution in [-0.4, -0.2) is 28.2 Å². The molecule has 39 heavy (non-hydrogen) atoms. The van der Waals surface area contributed by atoms with Gasteiger partial charge in [0, 0.05) is 16.7 Å². The molecule has 0 spiro atoms. The van der Waals surface area contributed by atoms with Gasteiger partial charge in [0.05, 0.1) is 11.9 Å². The van der Waals surface area contributed by atoms with Crippen molar-refractivity contribution in [1.82, 2.24) is 0 Å². The molecule has 7 heteroatoms. The minimum Gasteiger partial charge on any atom is -0.380 e. The van der Waals surface area contributed by atoms with Gasteiger partial charge in [0.2, 0.25) is 0 Å². The first-order valence-corrected chi connectivity index (χ1v) is 14.2. The SMILES string of the molecule is CCOP(=O)(O)c1ccccc1C(=O)c1c(C)cc(C)cc1C.O=C(c1ccccc1)C(O)c1ccccc1. The van der Waals surface area contributed by atoms with Crippen molar-refractivity contribution in [1.29, 1.82) is 0 Å². The number of aliphatic hydroxyl groups excluding tert-OH is 1. The first kappa shape index (κ1) is 29.9. The van der Waals surface area contributed by atoms with E-state index < -0.39 is 13.7 Å². The molecule has 0 amide bonds. The molecule has 0 aliphatic rings. The molecule has 2 unspecified atom stereocenters. The summed E-state index contributed by atoms with van der Waals surface area (Å²) >= 11 is 0. The number of benzene rings is 4. The summed E-state index contributed by atoms with van der Waals surface area (Å²) in [6, 6.07) is 28.0. The smallest absolute Gasteiger partial charge is 0.359 e. The highest BCUT2D eigenvalue weighted by molar-refractivity contribution is 7.61. The Morgan fingerprint density at radius 1 is 0.821 bits per heavy atom. The predicted octanol–water partition coefficient (Wildman–Crippen LogP) is 6.29. The number of carbonyl (C=O) groups is 2. The first-order chi connectivity index (χ1) is 18.6. The van der Waals surface area contributed by atoms with Gasteiger partial charge < -0.3 is 14.5 Å². The summed E-state index contributed by atoms with van der Waals surface area (Å²) < 4.78 is 17.4. The topological polar surface area (TPSA) is 101 Å². The van der Waals surface area contributed by atoms with E-state index in [9.17, 15) is 24.2 Å². The molecule has 0 aliphatic heterocycles. The fraction of sp³-hybridized carbons (Fsp3) is 0.188. The van der Waals surface area contributed by atoms with Gasteiger partial charge in [-0.1, -0.05) is 96.6 Å². The Morgan fingerprint density at radius 3 is 1.90 bits per heavy atom. The van der Waals surface area contributed by atoms with Gasteiger partial charge in [0.15, 0.2) is 11.6 Å². The lowest BCUT2D eigenvalue weighted by atomic mass is 9.93. The van der Waals surface area contributed by atoms with Gasteiger partial charge in [-0.15, -0.1) is 0 Å². The largest absolute Gasteiger partial charge is 0.380 e. The molecule has 0 aliphatic carbocycles. The van der Waals surface area contributed by atoms with Crippen molar-refractivity contribution in [2.24, 2.45) is 0 Å². The van der Waals surface area contributed by atoms with Crippen LogP contribution in [0.1, 0.15) is 61.6 Å². The van der Waals surface area contributed by atoms with Crippen LogP contribution >= 0.6 is 7.60 Å². The molecule has 2 N–H and O–H groups in total. The van der Waals surface area contributed by atoms with Gasteiger partial charge in [-0.05, 0) is 50.5 Å². The van der Waals surface area contributed by atoms with E-state index in [0.29, 0.717) is 16.7 Å². The summed E-state index contributed by atoms with van der Waals surface area (Å²) in [5.74, 6) is -0.531. The van der Waals surface area contributed by atoms with Crippen LogP contribution in [0, 0.1) is 20.8 Å². The number of carbonyl (C=O) groups excluding carboxylic acids is 2. The van der Waals surface area contributed by atoms with Crippen molar-refractivity contribution in [3.63, 3.8) is 0 Å². The van der Waals surface area contributed by atoms with Crippen LogP contribution in [0.5, 0.6) is 0 Å². The van der Waals surface area contributed by atoms with Crippen LogP contribution in [-0.2, 0) is 9.09 Å². The molecule has 6 nitrogen and oxygen atoms in total. The standard InChI is InChI=1S/C18H21O4P.C14H12O2/c1-5-22-23(20,21)16-9-7-6-8-15(16)18(19)17-13(3)10-12(2)11-14(17)4;15-13(11-7-3-1-4-8-11)14(16)12-9-5-2-6-10-12/h6-11H,5H2,1-4H3,(H,20,21);1-10,13,15H. The second-order valence-electron chi connectivity index (χ2n) is 9.10. The molecule has 0 saturated heterocycles. The summed E-state index contributed by atoms with van der Waals surface area (Å²) in [5, 5.41) is 9.94. The molecule has 0 fully saturated rings. The van der Waals surface area contributed by atoms with Gasteiger partial charge in [-0.3, -0.25) is 14.2 Å². The molecular weight excluding hydrogens is 511 g/mol. The number of aliphatic hydroxyl groups is 1. The van der Waals surface area contributed by atoms with Gasteiger partial charge in [0.25, 0.3) is 0 Å². The Hall–Kier alpha value is -3.67. The molecule has 4 rings (SSSR count). The quantitative estimate of drug-likeness (QED) is 0.200. The molecule has 0 heterocycles. The lowest BCUT2D eigenvalue weighted by Gasteiger charge is -2.16. The predicted molar refractivity (Wildman–Crippen MR) is 154 cm³/mol. The molecule has 4 aromatic carbocycles. The second kappa shape index (κ2) is 13.4.